The van der Waals surface area contributed by atoms with Crippen LogP contribution >= 0.6 is 0 Å². The van der Waals surface area contributed by atoms with Crippen LogP contribution in [0.15, 0.2) is 29.3 Å². The van der Waals surface area contributed by atoms with Crippen molar-refractivity contribution in [3.8, 4) is 11.4 Å². The zero-order valence-electron chi connectivity index (χ0n) is 16.8. The summed E-state index contributed by atoms with van der Waals surface area (Å²) in [6, 6.07) is 3.74. The molecule has 4 rings (SSSR count). The molecule has 7 nitrogen and oxygen atoms in total. The highest BCUT2D eigenvalue weighted by atomic mass is 16.5. The van der Waals surface area contributed by atoms with Gasteiger partial charge in [0, 0.05) is 63.6 Å². The molecule has 0 atom stereocenters. The Kier molecular flexibility index (Phi) is 5.57. The number of aromatic amines is 1. The second-order valence-corrected chi connectivity index (χ2v) is 8.59. The van der Waals surface area contributed by atoms with E-state index in [-0.39, 0.29) is 11.0 Å². The number of pyridine rings is 1. The van der Waals surface area contributed by atoms with Gasteiger partial charge in [-0.15, -0.1) is 0 Å². The maximum Gasteiger partial charge on any atom is 0.255 e. The number of nitrogens with zero attached hydrogens (tertiary/aromatic N) is 4. The zero-order chi connectivity index (χ0) is 19.6. The SMILES string of the molecule is CC(C)(CN1CCOCC1)CN1CCc2nc(-c3ccncc3)[nH]c(=O)c2C1. The summed E-state index contributed by atoms with van der Waals surface area (Å²) in [6.07, 6.45) is 4.24. The molecule has 0 saturated carbocycles. The highest BCUT2D eigenvalue weighted by Gasteiger charge is 2.29. The Balaban J connectivity index is 1.45. The molecule has 0 radical (unpaired) electrons. The van der Waals surface area contributed by atoms with Gasteiger partial charge in [-0.1, -0.05) is 13.8 Å². The highest BCUT2D eigenvalue weighted by Crippen LogP contribution is 2.24. The molecule has 2 aliphatic rings. The van der Waals surface area contributed by atoms with E-state index >= 15 is 0 Å². The lowest BCUT2D eigenvalue weighted by Crippen LogP contribution is -2.47. The molecule has 0 unspecified atom stereocenters. The molecule has 0 bridgehead atoms. The predicted molar refractivity (Wildman–Crippen MR) is 108 cm³/mol. The summed E-state index contributed by atoms with van der Waals surface area (Å²) in [5.41, 5.74) is 2.77. The van der Waals surface area contributed by atoms with E-state index < -0.39 is 0 Å². The molecule has 1 fully saturated rings. The van der Waals surface area contributed by atoms with Gasteiger partial charge in [-0.05, 0) is 17.5 Å². The Labute approximate surface area is 165 Å². The van der Waals surface area contributed by atoms with Gasteiger partial charge in [0.15, 0.2) is 0 Å². The summed E-state index contributed by atoms with van der Waals surface area (Å²) < 4.78 is 5.46. The normalized spacial score (nSPS) is 18.8. The number of H-pyrrole nitrogens is 1. The van der Waals surface area contributed by atoms with Crippen molar-refractivity contribution in [3.63, 3.8) is 0 Å². The van der Waals surface area contributed by atoms with Crippen molar-refractivity contribution in [2.24, 2.45) is 5.41 Å². The van der Waals surface area contributed by atoms with E-state index in [2.05, 4.69) is 33.6 Å². The van der Waals surface area contributed by atoms with Crippen LogP contribution in [-0.2, 0) is 17.7 Å². The Bertz CT molecular complexity index is 859. The number of morpholine rings is 1. The standard InChI is InChI=1S/C21H29N5O2/c1-21(2,14-25-9-11-28-12-10-25)15-26-8-5-18-17(13-26)20(27)24-19(23-18)16-3-6-22-7-4-16/h3-4,6-7H,5,8-15H2,1-2H3,(H,23,24,27). The number of ether oxygens (including phenoxy) is 1. The Hall–Kier alpha value is -2.09. The molecule has 2 aromatic rings. The third-order valence-corrected chi connectivity index (χ3v) is 5.51. The van der Waals surface area contributed by atoms with Gasteiger partial charge >= 0.3 is 0 Å². The van der Waals surface area contributed by atoms with E-state index in [9.17, 15) is 4.79 Å². The lowest BCUT2D eigenvalue weighted by atomic mass is 9.90. The first-order chi connectivity index (χ1) is 13.5. The largest absolute Gasteiger partial charge is 0.379 e. The Morgan fingerprint density at radius 1 is 1.11 bits per heavy atom. The van der Waals surface area contributed by atoms with E-state index in [0.717, 1.165) is 69.2 Å². The van der Waals surface area contributed by atoms with Crippen molar-refractivity contribution in [1.82, 2.24) is 24.8 Å². The molecule has 0 aromatic carbocycles. The number of fused-ring (bicyclic) bond motifs is 1. The van der Waals surface area contributed by atoms with Gasteiger partial charge in [-0.3, -0.25) is 19.6 Å². The van der Waals surface area contributed by atoms with E-state index in [0.29, 0.717) is 12.4 Å². The fraction of sp³-hybridized carbons (Fsp3) is 0.571. The van der Waals surface area contributed by atoms with Crippen LogP contribution in [0.25, 0.3) is 11.4 Å². The van der Waals surface area contributed by atoms with Crippen LogP contribution in [0.2, 0.25) is 0 Å². The van der Waals surface area contributed by atoms with E-state index in [1.165, 1.54) is 0 Å². The lowest BCUT2D eigenvalue weighted by Gasteiger charge is -2.39. The third kappa shape index (κ3) is 4.48. The molecule has 0 amide bonds. The highest BCUT2D eigenvalue weighted by molar-refractivity contribution is 5.54. The van der Waals surface area contributed by atoms with Gasteiger partial charge < -0.3 is 9.72 Å². The Morgan fingerprint density at radius 2 is 1.82 bits per heavy atom. The fourth-order valence-corrected chi connectivity index (χ4v) is 4.28. The third-order valence-electron chi connectivity index (χ3n) is 5.51. The molecule has 2 aromatic heterocycles. The average molecular weight is 383 g/mol. The number of nitrogens with one attached hydrogen (secondary N) is 1. The predicted octanol–water partition coefficient (Wildman–Crippen LogP) is 1.55. The summed E-state index contributed by atoms with van der Waals surface area (Å²) in [5.74, 6) is 0.632. The summed E-state index contributed by atoms with van der Waals surface area (Å²) in [7, 11) is 0. The summed E-state index contributed by atoms with van der Waals surface area (Å²) in [6.45, 7) is 11.9. The summed E-state index contributed by atoms with van der Waals surface area (Å²) in [5, 5.41) is 0. The van der Waals surface area contributed by atoms with Gasteiger partial charge in [-0.25, -0.2) is 4.98 Å². The minimum Gasteiger partial charge on any atom is -0.379 e. The second kappa shape index (κ2) is 8.11. The smallest absolute Gasteiger partial charge is 0.255 e. The van der Waals surface area contributed by atoms with Crippen LogP contribution in [0, 0.1) is 5.41 Å². The minimum atomic E-state index is -0.0208. The van der Waals surface area contributed by atoms with Crippen LogP contribution in [0.3, 0.4) is 0 Å². The molecular weight excluding hydrogens is 354 g/mol. The second-order valence-electron chi connectivity index (χ2n) is 8.59. The monoisotopic (exact) mass is 383 g/mol. The molecule has 4 heterocycles. The first kappa shape index (κ1) is 19.2. The Morgan fingerprint density at radius 3 is 2.57 bits per heavy atom. The molecule has 7 heteroatoms. The minimum absolute atomic E-state index is 0.0208. The topological polar surface area (TPSA) is 74.3 Å². The van der Waals surface area contributed by atoms with Gasteiger partial charge in [0.05, 0.1) is 24.5 Å². The molecule has 1 N–H and O–H groups in total. The zero-order valence-corrected chi connectivity index (χ0v) is 16.8. The van der Waals surface area contributed by atoms with Crippen molar-refractivity contribution in [2.45, 2.75) is 26.8 Å². The van der Waals surface area contributed by atoms with E-state index in [1.54, 1.807) is 12.4 Å². The number of rotatable bonds is 5. The molecule has 28 heavy (non-hydrogen) atoms. The van der Waals surface area contributed by atoms with Crippen molar-refractivity contribution < 1.29 is 4.74 Å². The summed E-state index contributed by atoms with van der Waals surface area (Å²) >= 11 is 0. The van der Waals surface area contributed by atoms with Crippen LogP contribution in [0.1, 0.15) is 25.1 Å². The van der Waals surface area contributed by atoms with Crippen molar-refractivity contribution in [3.05, 3.63) is 46.1 Å². The molecule has 0 spiro atoms. The van der Waals surface area contributed by atoms with Crippen LogP contribution < -0.4 is 5.56 Å². The lowest BCUT2D eigenvalue weighted by molar-refractivity contribution is 0.0141. The van der Waals surface area contributed by atoms with Crippen LogP contribution in [-0.4, -0.2) is 70.7 Å². The molecular formula is C21H29N5O2. The molecule has 2 aliphatic heterocycles. The maximum absolute atomic E-state index is 12.7. The van der Waals surface area contributed by atoms with Gasteiger partial charge in [0.1, 0.15) is 5.82 Å². The number of aromatic nitrogens is 3. The summed E-state index contributed by atoms with van der Waals surface area (Å²) in [4.78, 5) is 29.3. The first-order valence-corrected chi connectivity index (χ1v) is 10.1. The van der Waals surface area contributed by atoms with Gasteiger partial charge in [0.25, 0.3) is 5.56 Å². The number of hydrogen-bond acceptors (Lipinski definition) is 6. The average Bonchev–Trinajstić information content (AvgIpc) is 2.69. The molecule has 0 aliphatic carbocycles. The number of hydrogen-bond donors (Lipinski definition) is 1. The van der Waals surface area contributed by atoms with Crippen molar-refractivity contribution in [1.29, 1.82) is 0 Å². The fourth-order valence-electron chi connectivity index (χ4n) is 4.28. The van der Waals surface area contributed by atoms with E-state index in [4.69, 9.17) is 9.72 Å². The van der Waals surface area contributed by atoms with Crippen LogP contribution in [0.4, 0.5) is 0 Å². The van der Waals surface area contributed by atoms with Gasteiger partial charge in [-0.2, -0.15) is 0 Å². The van der Waals surface area contributed by atoms with E-state index in [1.807, 2.05) is 12.1 Å². The van der Waals surface area contributed by atoms with Crippen LogP contribution in [0.5, 0.6) is 0 Å². The first-order valence-electron chi connectivity index (χ1n) is 10.1. The maximum atomic E-state index is 12.7. The quantitative estimate of drug-likeness (QED) is 0.844. The molecule has 1 saturated heterocycles. The molecule has 150 valence electrons. The van der Waals surface area contributed by atoms with Crippen molar-refractivity contribution in [2.75, 3.05) is 45.9 Å². The van der Waals surface area contributed by atoms with Crippen molar-refractivity contribution >= 4 is 0 Å². The van der Waals surface area contributed by atoms with Gasteiger partial charge in [0.2, 0.25) is 0 Å².